The summed E-state index contributed by atoms with van der Waals surface area (Å²) in [6.07, 6.45) is 3.52. The minimum Gasteiger partial charge on any atom is -0.348 e. The average molecular weight is 507 g/mol. The zero-order valence-electron chi connectivity index (χ0n) is 22.8. The third-order valence-corrected chi connectivity index (χ3v) is 7.09. The van der Waals surface area contributed by atoms with Crippen molar-refractivity contribution in [1.29, 1.82) is 0 Å². The quantitative estimate of drug-likeness (QED) is 0.461. The van der Waals surface area contributed by atoms with E-state index in [2.05, 4.69) is 28.1 Å². The van der Waals surface area contributed by atoms with Crippen LogP contribution < -0.4 is 16.0 Å². The van der Waals surface area contributed by atoms with Crippen LogP contribution in [0.25, 0.3) is 0 Å². The van der Waals surface area contributed by atoms with Crippen molar-refractivity contribution in [3.63, 3.8) is 0 Å². The number of benzene rings is 2. The molecule has 0 heterocycles. The molecule has 2 aromatic rings. The molecule has 1 aliphatic rings. The van der Waals surface area contributed by atoms with E-state index in [1.54, 1.807) is 18.9 Å². The van der Waals surface area contributed by atoms with Gasteiger partial charge in [-0.05, 0) is 61.8 Å². The number of rotatable bonds is 10. The summed E-state index contributed by atoms with van der Waals surface area (Å²) in [5.41, 5.74) is 2.97. The van der Waals surface area contributed by atoms with Crippen molar-refractivity contribution in [2.75, 3.05) is 20.1 Å². The van der Waals surface area contributed by atoms with Gasteiger partial charge < -0.3 is 20.9 Å². The number of carbonyl (C=O) groups is 3. The number of nitrogens with zero attached hydrogens (tertiary/aromatic N) is 1. The Morgan fingerprint density at radius 1 is 1.03 bits per heavy atom. The number of hydrogen-bond acceptors (Lipinski definition) is 4. The van der Waals surface area contributed by atoms with Gasteiger partial charge in [0.1, 0.15) is 6.04 Å². The Morgan fingerprint density at radius 2 is 1.70 bits per heavy atom. The van der Waals surface area contributed by atoms with Gasteiger partial charge >= 0.3 is 0 Å². The van der Waals surface area contributed by atoms with Crippen LogP contribution in [0.2, 0.25) is 0 Å². The van der Waals surface area contributed by atoms with Crippen LogP contribution in [0.4, 0.5) is 0 Å². The van der Waals surface area contributed by atoms with Crippen LogP contribution >= 0.6 is 0 Å². The molecule has 0 spiro atoms. The minimum absolute atomic E-state index is 0.0573. The molecule has 0 fully saturated rings. The highest BCUT2D eigenvalue weighted by atomic mass is 16.2. The fraction of sp³-hybridized carbons (Fsp3) is 0.500. The lowest BCUT2D eigenvalue weighted by Crippen LogP contribution is -2.58. The molecule has 2 aromatic carbocycles. The SMILES string of the molecule is CNC(C)C(=O)NC(C(=O)N(CCc1ccccc1)CC(=O)NC1CCCc2ccccc21)C(C)(C)C. The van der Waals surface area contributed by atoms with Crippen LogP contribution in [0.5, 0.6) is 0 Å². The first-order valence-electron chi connectivity index (χ1n) is 13.3. The van der Waals surface area contributed by atoms with Gasteiger partial charge in [0.05, 0.1) is 18.6 Å². The summed E-state index contributed by atoms with van der Waals surface area (Å²) < 4.78 is 0. The summed E-state index contributed by atoms with van der Waals surface area (Å²) in [5, 5.41) is 9.02. The minimum atomic E-state index is -0.769. The van der Waals surface area contributed by atoms with E-state index in [1.165, 1.54) is 5.56 Å². The molecule has 1 aliphatic carbocycles. The van der Waals surface area contributed by atoms with Gasteiger partial charge in [0, 0.05) is 6.54 Å². The maximum atomic E-state index is 13.9. The van der Waals surface area contributed by atoms with E-state index in [1.807, 2.05) is 63.2 Å². The summed E-state index contributed by atoms with van der Waals surface area (Å²) in [5.74, 6) is -0.688. The Bertz CT molecular complexity index is 1060. The molecule has 0 saturated heterocycles. The molecule has 200 valence electrons. The zero-order valence-corrected chi connectivity index (χ0v) is 22.8. The van der Waals surface area contributed by atoms with Crippen LogP contribution in [-0.2, 0) is 27.2 Å². The van der Waals surface area contributed by atoms with Crippen molar-refractivity contribution in [2.24, 2.45) is 5.41 Å². The Kier molecular flexibility index (Phi) is 9.86. The van der Waals surface area contributed by atoms with E-state index in [9.17, 15) is 14.4 Å². The maximum absolute atomic E-state index is 13.9. The Hall–Kier alpha value is -3.19. The number of amides is 3. The van der Waals surface area contributed by atoms with Gasteiger partial charge in [-0.25, -0.2) is 0 Å². The van der Waals surface area contributed by atoms with Crippen molar-refractivity contribution >= 4 is 17.7 Å². The van der Waals surface area contributed by atoms with Crippen molar-refractivity contribution < 1.29 is 14.4 Å². The summed E-state index contributed by atoms with van der Waals surface area (Å²) in [7, 11) is 1.71. The Morgan fingerprint density at radius 3 is 2.38 bits per heavy atom. The maximum Gasteiger partial charge on any atom is 0.246 e. The standard InChI is InChI=1S/C30H42N4O3/c1-21(31-5)28(36)33-27(30(2,3)4)29(37)34(19-18-22-12-7-6-8-13-22)20-26(35)32-25-17-11-15-23-14-9-10-16-24(23)25/h6-10,12-14,16,21,25,27,31H,11,15,17-20H2,1-5H3,(H,32,35)(H,33,36). The number of hydrogen-bond donors (Lipinski definition) is 3. The van der Waals surface area contributed by atoms with Crippen LogP contribution in [0.3, 0.4) is 0 Å². The molecule has 0 radical (unpaired) electrons. The van der Waals surface area contributed by atoms with Gasteiger partial charge in [0.15, 0.2) is 0 Å². The van der Waals surface area contributed by atoms with Crippen molar-refractivity contribution in [1.82, 2.24) is 20.9 Å². The third-order valence-electron chi connectivity index (χ3n) is 7.09. The zero-order chi connectivity index (χ0) is 27.0. The van der Waals surface area contributed by atoms with Crippen molar-refractivity contribution in [3.8, 4) is 0 Å². The van der Waals surface area contributed by atoms with Gasteiger partial charge in [-0.1, -0.05) is 75.4 Å². The van der Waals surface area contributed by atoms with E-state index in [0.29, 0.717) is 13.0 Å². The fourth-order valence-electron chi connectivity index (χ4n) is 4.72. The molecule has 0 aliphatic heterocycles. The topological polar surface area (TPSA) is 90.5 Å². The second-order valence-electron chi connectivity index (χ2n) is 11.0. The van der Waals surface area contributed by atoms with Crippen LogP contribution in [0.15, 0.2) is 54.6 Å². The predicted molar refractivity (Wildman–Crippen MR) is 147 cm³/mol. The molecule has 3 unspecified atom stereocenters. The van der Waals surface area contributed by atoms with E-state index < -0.39 is 17.5 Å². The summed E-state index contributed by atoms with van der Waals surface area (Å²) >= 11 is 0. The highest BCUT2D eigenvalue weighted by Crippen LogP contribution is 2.29. The molecular formula is C30H42N4O3. The molecular weight excluding hydrogens is 464 g/mol. The van der Waals surface area contributed by atoms with Crippen molar-refractivity contribution in [3.05, 3.63) is 71.3 Å². The Labute approximate surface area is 221 Å². The molecule has 3 atom stereocenters. The molecule has 3 amide bonds. The smallest absolute Gasteiger partial charge is 0.246 e. The highest BCUT2D eigenvalue weighted by Gasteiger charge is 2.37. The van der Waals surface area contributed by atoms with E-state index in [4.69, 9.17) is 0 Å². The first-order valence-corrected chi connectivity index (χ1v) is 13.3. The van der Waals surface area contributed by atoms with Gasteiger partial charge in [-0.15, -0.1) is 0 Å². The lowest BCUT2D eigenvalue weighted by atomic mass is 9.85. The molecule has 0 saturated carbocycles. The number of nitrogens with one attached hydrogen (secondary N) is 3. The number of likely N-dealkylation sites (N-methyl/N-ethyl adjacent to an activating group) is 1. The molecule has 0 aromatic heterocycles. The third kappa shape index (κ3) is 7.89. The number of aryl methyl sites for hydroxylation is 1. The Balaban J connectivity index is 1.79. The lowest BCUT2D eigenvalue weighted by molar-refractivity contribution is -0.142. The number of fused-ring (bicyclic) bond motifs is 1. The first-order chi connectivity index (χ1) is 17.6. The summed E-state index contributed by atoms with van der Waals surface area (Å²) in [4.78, 5) is 41.5. The van der Waals surface area contributed by atoms with Crippen molar-refractivity contribution in [2.45, 2.75) is 71.5 Å². The van der Waals surface area contributed by atoms with E-state index in [0.717, 1.165) is 30.4 Å². The monoisotopic (exact) mass is 506 g/mol. The second-order valence-corrected chi connectivity index (χ2v) is 11.0. The predicted octanol–water partition coefficient (Wildman–Crippen LogP) is 3.39. The second kappa shape index (κ2) is 12.9. The first kappa shape index (κ1) is 28.4. The summed E-state index contributed by atoms with van der Waals surface area (Å²) in [6, 6.07) is 16.9. The summed E-state index contributed by atoms with van der Waals surface area (Å²) in [6.45, 7) is 7.84. The van der Waals surface area contributed by atoms with Crippen LogP contribution in [0, 0.1) is 5.41 Å². The molecule has 7 heteroatoms. The fourth-order valence-corrected chi connectivity index (χ4v) is 4.72. The lowest BCUT2D eigenvalue weighted by Gasteiger charge is -2.36. The van der Waals surface area contributed by atoms with Gasteiger partial charge in [0.25, 0.3) is 0 Å². The molecule has 0 bridgehead atoms. The van der Waals surface area contributed by atoms with Gasteiger partial charge in [-0.2, -0.15) is 0 Å². The molecule has 37 heavy (non-hydrogen) atoms. The molecule has 3 rings (SSSR count). The van der Waals surface area contributed by atoms with E-state index in [-0.39, 0.29) is 30.3 Å². The largest absolute Gasteiger partial charge is 0.348 e. The normalized spacial score (nSPS) is 16.7. The molecule has 7 nitrogen and oxygen atoms in total. The highest BCUT2D eigenvalue weighted by molar-refractivity contribution is 5.92. The van der Waals surface area contributed by atoms with Gasteiger partial charge in [0.2, 0.25) is 17.7 Å². The van der Waals surface area contributed by atoms with Crippen LogP contribution in [0.1, 0.15) is 63.3 Å². The van der Waals surface area contributed by atoms with E-state index >= 15 is 0 Å². The van der Waals surface area contributed by atoms with Crippen LogP contribution in [-0.4, -0.2) is 54.8 Å². The number of carbonyl (C=O) groups excluding carboxylic acids is 3. The molecule has 3 N–H and O–H groups in total. The average Bonchev–Trinajstić information content (AvgIpc) is 2.88. The van der Waals surface area contributed by atoms with Gasteiger partial charge in [-0.3, -0.25) is 14.4 Å².